The van der Waals surface area contributed by atoms with E-state index >= 15 is 0 Å². The Bertz CT molecular complexity index is 1080. The number of sulfonamides is 1. The van der Waals surface area contributed by atoms with E-state index in [0.29, 0.717) is 5.02 Å². The van der Waals surface area contributed by atoms with Crippen LogP contribution in [-0.2, 0) is 10.0 Å². The highest BCUT2D eigenvalue weighted by atomic mass is 35.5. The van der Waals surface area contributed by atoms with Gasteiger partial charge in [-0.25, -0.2) is 17.8 Å². The van der Waals surface area contributed by atoms with Gasteiger partial charge in [-0.15, -0.1) is 0 Å². The molecule has 1 heterocycles. The predicted molar refractivity (Wildman–Crippen MR) is 101 cm³/mol. The summed E-state index contributed by atoms with van der Waals surface area (Å²) in [6.07, 6.45) is 1.57. The number of aromatic nitrogens is 1. The maximum atomic E-state index is 13.3. The lowest BCUT2D eigenvalue weighted by Crippen LogP contribution is -2.14. The number of hydrogen-bond donors (Lipinski definition) is 1. The maximum Gasteiger partial charge on any atom is 0.263 e. The number of pyridine rings is 1. The molecule has 3 rings (SSSR count). The van der Waals surface area contributed by atoms with Crippen LogP contribution in [0.4, 0.5) is 10.2 Å². The van der Waals surface area contributed by atoms with E-state index < -0.39 is 10.0 Å². The third-order valence-electron chi connectivity index (χ3n) is 3.93. The monoisotopic (exact) mass is 390 g/mol. The molecule has 2 aromatic carbocycles. The van der Waals surface area contributed by atoms with Gasteiger partial charge in [0.1, 0.15) is 11.6 Å². The third kappa shape index (κ3) is 3.86. The van der Waals surface area contributed by atoms with Gasteiger partial charge in [-0.2, -0.15) is 0 Å². The highest BCUT2D eigenvalue weighted by molar-refractivity contribution is 7.92. The smallest absolute Gasteiger partial charge is 0.263 e. The first kappa shape index (κ1) is 18.4. The summed E-state index contributed by atoms with van der Waals surface area (Å²) in [7, 11) is -3.79. The van der Waals surface area contributed by atoms with Crippen molar-refractivity contribution < 1.29 is 12.8 Å². The fourth-order valence-corrected chi connectivity index (χ4v) is 3.95. The van der Waals surface area contributed by atoms with E-state index in [-0.39, 0.29) is 16.5 Å². The Labute approximate surface area is 156 Å². The molecule has 0 saturated heterocycles. The first-order valence-electron chi connectivity index (χ1n) is 7.78. The molecule has 0 fully saturated rings. The maximum absolute atomic E-state index is 13.3. The van der Waals surface area contributed by atoms with Gasteiger partial charge in [-0.3, -0.25) is 4.72 Å². The van der Waals surface area contributed by atoms with Gasteiger partial charge in [0, 0.05) is 16.8 Å². The molecule has 0 aliphatic heterocycles. The fourth-order valence-electron chi connectivity index (χ4n) is 2.65. The summed E-state index contributed by atoms with van der Waals surface area (Å²) in [5.41, 5.74) is 3.26. The summed E-state index contributed by atoms with van der Waals surface area (Å²) in [4.78, 5) is 4.25. The third-order valence-corrected chi connectivity index (χ3v) is 5.52. The summed E-state index contributed by atoms with van der Waals surface area (Å²) in [5.74, 6) is -0.103. The van der Waals surface area contributed by atoms with Crippen molar-refractivity contribution in [1.82, 2.24) is 4.98 Å². The molecule has 1 aromatic heterocycles. The Morgan fingerprint density at radius 1 is 1.00 bits per heavy atom. The number of nitrogens with one attached hydrogen (secondary N) is 1. The second-order valence-corrected chi connectivity index (χ2v) is 8.03. The molecule has 0 bridgehead atoms. The van der Waals surface area contributed by atoms with Gasteiger partial charge in [-0.1, -0.05) is 23.7 Å². The molecule has 0 atom stereocenters. The molecule has 26 heavy (non-hydrogen) atoms. The van der Waals surface area contributed by atoms with Gasteiger partial charge in [0.2, 0.25) is 0 Å². The molecular formula is C19H16ClFN2O2S. The van der Waals surface area contributed by atoms with Crippen molar-refractivity contribution in [2.24, 2.45) is 0 Å². The molecule has 0 saturated carbocycles. The van der Waals surface area contributed by atoms with Crippen LogP contribution in [0.1, 0.15) is 11.1 Å². The minimum atomic E-state index is -3.79. The summed E-state index contributed by atoms with van der Waals surface area (Å²) >= 11 is 5.86. The average molecular weight is 391 g/mol. The predicted octanol–water partition coefficient (Wildman–Crippen LogP) is 4.96. The van der Waals surface area contributed by atoms with Gasteiger partial charge >= 0.3 is 0 Å². The van der Waals surface area contributed by atoms with Gasteiger partial charge in [0.25, 0.3) is 10.0 Å². The van der Waals surface area contributed by atoms with Crippen molar-refractivity contribution in [3.05, 3.63) is 76.7 Å². The van der Waals surface area contributed by atoms with E-state index in [2.05, 4.69) is 9.71 Å². The number of benzene rings is 2. The summed E-state index contributed by atoms with van der Waals surface area (Å²) in [6, 6.07) is 12.1. The van der Waals surface area contributed by atoms with Crippen molar-refractivity contribution >= 4 is 27.4 Å². The fraction of sp³-hybridized carbons (Fsp3) is 0.105. The zero-order chi connectivity index (χ0) is 18.9. The van der Waals surface area contributed by atoms with E-state index in [9.17, 15) is 12.8 Å². The molecule has 134 valence electrons. The van der Waals surface area contributed by atoms with Gasteiger partial charge in [0.05, 0.1) is 4.90 Å². The van der Waals surface area contributed by atoms with E-state index in [1.165, 1.54) is 24.3 Å². The molecule has 3 aromatic rings. The second-order valence-electron chi connectivity index (χ2n) is 5.91. The normalized spacial score (nSPS) is 11.4. The van der Waals surface area contributed by atoms with Crippen LogP contribution in [0, 0.1) is 19.7 Å². The Balaban J connectivity index is 1.93. The summed E-state index contributed by atoms with van der Waals surface area (Å²) in [6.45, 7) is 3.66. The number of aryl methyl sites for hydroxylation is 2. The first-order chi connectivity index (χ1) is 12.3. The molecule has 0 radical (unpaired) electrons. The molecular weight excluding hydrogens is 375 g/mol. The van der Waals surface area contributed by atoms with Crippen LogP contribution in [0.25, 0.3) is 11.1 Å². The van der Waals surface area contributed by atoms with Crippen molar-refractivity contribution in [3.63, 3.8) is 0 Å². The van der Waals surface area contributed by atoms with Crippen molar-refractivity contribution in [1.29, 1.82) is 0 Å². The molecule has 0 aliphatic rings. The van der Waals surface area contributed by atoms with Crippen LogP contribution in [-0.4, -0.2) is 13.4 Å². The Morgan fingerprint density at radius 2 is 1.73 bits per heavy atom. The highest BCUT2D eigenvalue weighted by Crippen LogP contribution is 2.28. The molecule has 0 aliphatic carbocycles. The van der Waals surface area contributed by atoms with Gasteiger partial charge in [0.15, 0.2) is 0 Å². The van der Waals surface area contributed by atoms with Crippen LogP contribution < -0.4 is 4.72 Å². The Kier molecular flexibility index (Phi) is 4.98. The highest BCUT2D eigenvalue weighted by Gasteiger charge is 2.16. The van der Waals surface area contributed by atoms with Crippen LogP contribution in [0.15, 0.2) is 59.6 Å². The lowest BCUT2D eigenvalue weighted by molar-refractivity contribution is 0.601. The topological polar surface area (TPSA) is 59.1 Å². The van der Waals surface area contributed by atoms with Crippen LogP contribution in [0.5, 0.6) is 0 Å². The lowest BCUT2D eigenvalue weighted by Gasteiger charge is -2.12. The van der Waals surface area contributed by atoms with Crippen molar-refractivity contribution in [2.45, 2.75) is 18.7 Å². The van der Waals surface area contributed by atoms with Gasteiger partial charge < -0.3 is 0 Å². The van der Waals surface area contributed by atoms with Crippen molar-refractivity contribution in [3.8, 4) is 11.1 Å². The Hall–Kier alpha value is -2.44. The van der Waals surface area contributed by atoms with Crippen LogP contribution in [0.2, 0.25) is 5.02 Å². The molecule has 0 unspecified atom stereocenters. The van der Waals surface area contributed by atoms with Gasteiger partial charge in [-0.05, 0) is 66.9 Å². The molecule has 7 heteroatoms. The number of hydrogen-bond acceptors (Lipinski definition) is 3. The largest absolute Gasteiger partial charge is 0.263 e. The quantitative estimate of drug-likeness (QED) is 0.685. The summed E-state index contributed by atoms with van der Waals surface area (Å²) in [5, 5.41) is 0.333. The van der Waals surface area contributed by atoms with E-state index in [4.69, 9.17) is 11.6 Å². The first-order valence-corrected chi connectivity index (χ1v) is 9.64. The molecule has 4 nitrogen and oxygen atoms in total. The zero-order valence-electron chi connectivity index (χ0n) is 14.1. The lowest BCUT2D eigenvalue weighted by atomic mass is 9.98. The second kappa shape index (κ2) is 7.05. The van der Waals surface area contributed by atoms with Crippen molar-refractivity contribution in [2.75, 3.05) is 4.72 Å². The summed E-state index contributed by atoms with van der Waals surface area (Å²) < 4.78 is 40.7. The number of nitrogens with zero attached hydrogens (tertiary/aromatic N) is 1. The van der Waals surface area contributed by atoms with Crippen LogP contribution in [0.3, 0.4) is 0 Å². The molecule has 0 amide bonds. The number of halogens is 2. The standard InChI is InChI=1S/C19H16ClFN2O2S/c1-12-8-15(21)6-7-17(12)18-11-22-19(9-13(18)2)23-26(24,25)16-5-3-4-14(20)10-16/h3-11H,1-2H3,(H,22,23). The molecule has 0 spiro atoms. The Morgan fingerprint density at radius 3 is 2.38 bits per heavy atom. The van der Waals surface area contributed by atoms with E-state index in [1.807, 2.05) is 13.8 Å². The zero-order valence-corrected chi connectivity index (χ0v) is 15.7. The number of rotatable bonds is 4. The minimum absolute atomic E-state index is 0.0582. The van der Waals surface area contributed by atoms with Crippen LogP contribution >= 0.6 is 11.6 Å². The average Bonchev–Trinajstić information content (AvgIpc) is 2.55. The molecule has 1 N–H and O–H groups in total. The SMILES string of the molecule is Cc1cc(F)ccc1-c1cnc(NS(=O)(=O)c2cccc(Cl)c2)cc1C. The van der Waals surface area contributed by atoms with E-state index in [0.717, 1.165) is 22.3 Å². The number of anilines is 1. The van der Waals surface area contributed by atoms with E-state index in [1.54, 1.807) is 30.5 Å². The minimum Gasteiger partial charge on any atom is -0.263 e.